The highest BCUT2D eigenvalue weighted by molar-refractivity contribution is 5.54. The van der Waals surface area contributed by atoms with Crippen molar-refractivity contribution in [2.45, 2.75) is 20.0 Å². The second-order valence-electron chi connectivity index (χ2n) is 4.00. The fourth-order valence-electron chi connectivity index (χ4n) is 1.64. The molecule has 4 heteroatoms. The number of aromatic nitrogens is 2. The third-order valence-electron chi connectivity index (χ3n) is 2.63. The zero-order chi connectivity index (χ0) is 12.3. The maximum Gasteiger partial charge on any atom is 0.142 e. The summed E-state index contributed by atoms with van der Waals surface area (Å²) in [4.78, 5) is 0. The summed E-state index contributed by atoms with van der Waals surface area (Å²) in [5.74, 6) is 0.716. The first-order valence-electron chi connectivity index (χ1n) is 5.68. The predicted molar refractivity (Wildman–Crippen MR) is 67.8 cm³/mol. The smallest absolute Gasteiger partial charge is 0.142 e. The molecule has 2 aromatic rings. The number of nitrogens with two attached hydrogens (primary N) is 1. The molecule has 0 radical (unpaired) electrons. The van der Waals surface area contributed by atoms with E-state index < -0.39 is 0 Å². The van der Waals surface area contributed by atoms with Gasteiger partial charge in [-0.15, -0.1) is 0 Å². The van der Waals surface area contributed by atoms with Gasteiger partial charge in [-0.05, 0) is 30.2 Å². The maximum atomic E-state index is 5.92. The molecular weight excluding hydrogens is 214 g/mol. The Morgan fingerprint density at radius 3 is 2.76 bits per heavy atom. The van der Waals surface area contributed by atoms with Gasteiger partial charge < -0.3 is 10.5 Å². The molecule has 0 aliphatic heterocycles. The first-order valence-corrected chi connectivity index (χ1v) is 5.68. The van der Waals surface area contributed by atoms with Gasteiger partial charge in [0.05, 0.1) is 11.4 Å². The van der Waals surface area contributed by atoms with Gasteiger partial charge in [0.25, 0.3) is 0 Å². The Balaban J connectivity index is 2.04. The molecule has 0 aliphatic carbocycles. The summed E-state index contributed by atoms with van der Waals surface area (Å²) in [5, 5.41) is 4.24. The van der Waals surface area contributed by atoms with Crippen LogP contribution in [-0.4, -0.2) is 9.78 Å². The lowest BCUT2D eigenvalue weighted by atomic mass is 10.1. The summed E-state index contributed by atoms with van der Waals surface area (Å²) < 4.78 is 7.39. The van der Waals surface area contributed by atoms with Crippen LogP contribution in [0.1, 0.15) is 18.2 Å². The lowest BCUT2D eigenvalue weighted by Crippen LogP contribution is -2.00. The maximum absolute atomic E-state index is 5.92. The van der Waals surface area contributed by atoms with Gasteiger partial charge in [-0.3, -0.25) is 4.68 Å². The van der Waals surface area contributed by atoms with E-state index in [1.54, 1.807) is 4.68 Å². The van der Waals surface area contributed by atoms with Crippen molar-refractivity contribution >= 4 is 5.69 Å². The molecule has 0 saturated heterocycles. The van der Waals surface area contributed by atoms with Crippen molar-refractivity contribution in [3.05, 3.63) is 41.7 Å². The number of nitrogen functional groups attached to an aromatic ring is 1. The SMILES string of the molecule is CCc1ccc(OCc2ccn(C)n2)c(N)c1. The van der Waals surface area contributed by atoms with Crippen LogP contribution in [0.2, 0.25) is 0 Å². The number of benzene rings is 1. The van der Waals surface area contributed by atoms with Crippen LogP contribution in [0.3, 0.4) is 0 Å². The molecule has 0 unspecified atom stereocenters. The lowest BCUT2D eigenvalue weighted by Gasteiger charge is -2.08. The van der Waals surface area contributed by atoms with Crippen molar-refractivity contribution in [3.63, 3.8) is 0 Å². The molecular formula is C13H17N3O. The minimum Gasteiger partial charge on any atom is -0.485 e. The Kier molecular flexibility index (Phi) is 3.32. The Morgan fingerprint density at radius 1 is 1.35 bits per heavy atom. The van der Waals surface area contributed by atoms with E-state index in [0.717, 1.165) is 12.1 Å². The second kappa shape index (κ2) is 4.91. The van der Waals surface area contributed by atoms with Gasteiger partial charge in [-0.25, -0.2) is 0 Å². The van der Waals surface area contributed by atoms with Crippen LogP contribution in [0.25, 0.3) is 0 Å². The van der Waals surface area contributed by atoms with Gasteiger partial charge in [0.1, 0.15) is 12.4 Å². The fraction of sp³-hybridized carbons (Fsp3) is 0.308. The Morgan fingerprint density at radius 2 is 2.18 bits per heavy atom. The Labute approximate surface area is 101 Å². The highest BCUT2D eigenvalue weighted by Crippen LogP contribution is 2.23. The van der Waals surface area contributed by atoms with Crippen molar-refractivity contribution in [1.29, 1.82) is 0 Å². The molecule has 4 nitrogen and oxygen atoms in total. The predicted octanol–water partition coefficient (Wildman–Crippen LogP) is 2.14. The molecule has 1 heterocycles. The van der Waals surface area contributed by atoms with Crippen LogP contribution in [0.5, 0.6) is 5.75 Å². The van der Waals surface area contributed by atoms with Crippen LogP contribution >= 0.6 is 0 Å². The number of hydrogen-bond acceptors (Lipinski definition) is 3. The molecule has 2 N–H and O–H groups in total. The number of nitrogens with zero attached hydrogens (tertiary/aromatic N) is 2. The zero-order valence-corrected chi connectivity index (χ0v) is 10.2. The molecule has 0 bridgehead atoms. The van der Waals surface area contributed by atoms with Crippen molar-refractivity contribution in [2.24, 2.45) is 7.05 Å². The van der Waals surface area contributed by atoms with Crippen LogP contribution in [0, 0.1) is 0 Å². The van der Waals surface area contributed by atoms with Gasteiger partial charge >= 0.3 is 0 Å². The third kappa shape index (κ3) is 2.78. The summed E-state index contributed by atoms with van der Waals surface area (Å²) >= 11 is 0. The van der Waals surface area contributed by atoms with Crippen molar-refractivity contribution in [1.82, 2.24) is 9.78 Å². The number of ether oxygens (including phenoxy) is 1. The molecule has 0 atom stereocenters. The van der Waals surface area contributed by atoms with Crippen molar-refractivity contribution in [2.75, 3.05) is 5.73 Å². The number of anilines is 1. The monoisotopic (exact) mass is 231 g/mol. The van der Waals surface area contributed by atoms with E-state index in [2.05, 4.69) is 12.0 Å². The molecule has 0 spiro atoms. The van der Waals surface area contributed by atoms with Crippen molar-refractivity contribution < 1.29 is 4.74 Å². The van der Waals surface area contributed by atoms with E-state index in [-0.39, 0.29) is 0 Å². The number of hydrogen-bond donors (Lipinski definition) is 1. The molecule has 17 heavy (non-hydrogen) atoms. The third-order valence-corrected chi connectivity index (χ3v) is 2.63. The molecule has 0 aliphatic rings. The summed E-state index contributed by atoms with van der Waals surface area (Å²) in [7, 11) is 1.88. The zero-order valence-electron chi connectivity index (χ0n) is 10.2. The topological polar surface area (TPSA) is 53.1 Å². The molecule has 90 valence electrons. The first kappa shape index (κ1) is 11.5. The van der Waals surface area contributed by atoms with E-state index in [9.17, 15) is 0 Å². The van der Waals surface area contributed by atoms with E-state index in [4.69, 9.17) is 10.5 Å². The lowest BCUT2D eigenvalue weighted by molar-refractivity contribution is 0.301. The Hall–Kier alpha value is -1.97. The average Bonchev–Trinajstić information content (AvgIpc) is 2.73. The van der Waals surface area contributed by atoms with E-state index in [1.807, 2.05) is 37.5 Å². The number of rotatable bonds is 4. The van der Waals surface area contributed by atoms with E-state index in [0.29, 0.717) is 18.0 Å². The minimum absolute atomic E-state index is 0.441. The molecule has 2 rings (SSSR count). The van der Waals surface area contributed by atoms with Gasteiger partial charge in [0, 0.05) is 13.2 Å². The quantitative estimate of drug-likeness (QED) is 0.820. The largest absolute Gasteiger partial charge is 0.485 e. The van der Waals surface area contributed by atoms with E-state index >= 15 is 0 Å². The van der Waals surface area contributed by atoms with Gasteiger partial charge in [0.15, 0.2) is 0 Å². The summed E-state index contributed by atoms with van der Waals surface area (Å²) in [5.41, 5.74) is 8.71. The molecule has 1 aromatic carbocycles. The van der Waals surface area contributed by atoms with Gasteiger partial charge in [-0.2, -0.15) is 5.10 Å². The average molecular weight is 231 g/mol. The highest BCUT2D eigenvalue weighted by atomic mass is 16.5. The molecule has 1 aromatic heterocycles. The summed E-state index contributed by atoms with van der Waals surface area (Å²) in [6, 6.07) is 7.82. The Bertz CT molecular complexity index is 505. The van der Waals surface area contributed by atoms with Crippen molar-refractivity contribution in [3.8, 4) is 5.75 Å². The van der Waals surface area contributed by atoms with Crippen LogP contribution in [0.4, 0.5) is 5.69 Å². The molecule has 0 saturated carbocycles. The normalized spacial score (nSPS) is 10.5. The summed E-state index contributed by atoms with van der Waals surface area (Å²) in [6.45, 7) is 2.54. The van der Waals surface area contributed by atoms with Crippen LogP contribution < -0.4 is 10.5 Å². The fourth-order valence-corrected chi connectivity index (χ4v) is 1.64. The highest BCUT2D eigenvalue weighted by Gasteiger charge is 2.03. The molecule has 0 amide bonds. The van der Waals surface area contributed by atoms with Crippen LogP contribution in [0.15, 0.2) is 30.5 Å². The standard InChI is InChI=1S/C13H17N3O/c1-3-10-4-5-13(12(14)8-10)17-9-11-6-7-16(2)15-11/h4-8H,3,9,14H2,1-2H3. The minimum atomic E-state index is 0.441. The summed E-state index contributed by atoms with van der Waals surface area (Å²) in [6.07, 6.45) is 2.87. The molecule has 0 fully saturated rings. The van der Waals surface area contributed by atoms with Gasteiger partial charge in [-0.1, -0.05) is 13.0 Å². The number of aryl methyl sites for hydroxylation is 2. The van der Waals surface area contributed by atoms with E-state index in [1.165, 1.54) is 5.56 Å². The van der Waals surface area contributed by atoms with Crippen LogP contribution in [-0.2, 0) is 20.1 Å². The second-order valence-corrected chi connectivity index (χ2v) is 4.00. The van der Waals surface area contributed by atoms with Gasteiger partial charge in [0.2, 0.25) is 0 Å². The first-order chi connectivity index (χ1) is 8.19.